The van der Waals surface area contributed by atoms with Crippen molar-refractivity contribution in [3.63, 3.8) is 0 Å². The van der Waals surface area contributed by atoms with E-state index in [-0.39, 0.29) is 5.56 Å². The van der Waals surface area contributed by atoms with E-state index in [4.69, 9.17) is 4.74 Å². The first-order valence-corrected chi connectivity index (χ1v) is 6.56. The molecule has 0 fully saturated rings. The highest BCUT2D eigenvalue weighted by atomic mass is 19.1. The summed E-state index contributed by atoms with van der Waals surface area (Å²) in [6, 6.07) is 1.41. The second-order valence-electron chi connectivity index (χ2n) is 5.39. The van der Waals surface area contributed by atoms with Crippen molar-refractivity contribution in [3.05, 3.63) is 35.4 Å². The third-order valence-electron chi connectivity index (χ3n) is 2.30. The maximum Gasteiger partial charge on any atom is 0.407 e. The molecule has 1 aromatic rings. The fourth-order valence-electron chi connectivity index (χ4n) is 1.45. The molecule has 0 bridgehead atoms. The summed E-state index contributed by atoms with van der Waals surface area (Å²) >= 11 is 0. The van der Waals surface area contributed by atoms with E-state index < -0.39 is 17.6 Å². The number of nitrogens with one attached hydrogen (secondary N) is 1. The highest BCUT2D eigenvalue weighted by molar-refractivity contribution is 5.76. The Kier molecular flexibility index (Phi) is 6.02. The highest BCUT2D eigenvalue weighted by Crippen LogP contribution is 2.08. The second-order valence-corrected chi connectivity index (χ2v) is 5.39. The molecule has 0 aromatic carbocycles. The van der Waals surface area contributed by atoms with Gasteiger partial charge in [0.1, 0.15) is 5.60 Å². The fourth-order valence-corrected chi connectivity index (χ4v) is 1.45. The minimum absolute atomic E-state index is 0.0796. The standard InChI is InChI=1S/C15H19FN2O3/c1-15(2,3)21-14(20)17-7-5-4-6-11-8-12(10-19)13(16)18-9-11/h4,6,8-10H,5,7H2,1-3H3,(H,17,20). The fraction of sp³-hybridized carbons (Fsp3) is 0.400. The lowest BCUT2D eigenvalue weighted by Gasteiger charge is -2.19. The van der Waals surface area contributed by atoms with Crippen molar-refractivity contribution in [2.24, 2.45) is 0 Å². The van der Waals surface area contributed by atoms with Gasteiger partial charge in [0.15, 0.2) is 6.29 Å². The van der Waals surface area contributed by atoms with Crippen molar-refractivity contribution in [2.75, 3.05) is 6.54 Å². The number of hydrogen-bond acceptors (Lipinski definition) is 4. The molecule has 0 saturated carbocycles. The first-order chi connectivity index (χ1) is 9.81. The first kappa shape index (κ1) is 16.8. The Morgan fingerprint density at radius 3 is 2.81 bits per heavy atom. The van der Waals surface area contributed by atoms with Crippen LogP contribution in [0.3, 0.4) is 0 Å². The first-order valence-electron chi connectivity index (χ1n) is 6.56. The Morgan fingerprint density at radius 2 is 2.19 bits per heavy atom. The van der Waals surface area contributed by atoms with Crippen molar-refractivity contribution in [2.45, 2.75) is 32.8 Å². The van der Waals surface area contributed by atoms with E-state index in [0.717, 1.165) is 0 Å². The number of aldehydes is 1. The normalized spacial score (nSPS) is 11.4. The van der Waals surface area contributed by atoms with Crippen molar-refractivity contribution in [1.82, 2.24) is 10.3 Å². The SMILES string of the molecule is CC(C)(C)OC(=O)NCCC=Cc1cnc(F)c(C=O)c1. The smallest absolute Gasteiger partial charge is 0.407 e. The van der Waals surface area contributed by atoms with Crippen LogP contribution in [-0.4, -0.2) is 29.5 Å². The monoisotopic (exact) mass is 294 g/mol. The molecule has 0 saturated heterocycles. The number of halogens is 1. The summed E-state index contributed by atoms with van der Waals surface area (Å²) in [5.41, 5.74) is 0.0186. The Balaban J connectivity index is 2.39. The van der Waals surface area contributed by atoms with Crippen LogP contribution in [0.4, 0.5) is 9.18 Å². The predicted molar refractivity (Wildman–Crippen MR) is 77.5 cm³/mol. The molecule has 0 aliphatic heterocycles. The van der Waals surface area contributed by atoms with E-state index in [9.17, 15) is 14.0 Å². The molecular formula is C15H19FN2O3. The Labute approximate surface area is 123 Å². The molecule has 0 atom stereocenters. The zero-order chi connectivity index (χ0) is 15.9. The van der Waals surface area contributed by atoms with Crippen LogP contribution >= 0.6 is 0 Å². The molecule has 21 heavy (non-hydrogen) atoms. The number of alkyl carbamates (subject to hydrolysis) is 1. The number of ether oxygens (including phenoxy) is 1. The molecule has 1 N–H and O–H groups in total. The van der Waals surface area contributed by atoms with Gasteiger partial charge < -0.3 is 10.1 Å². The van der Waals surface area contributed by atoms with Gasteiger partial charge in [-0.2, -0.15) is 4.39 Å². The van der Waals surface area contributed by atoms with E-state index in [1.165, 1.54) is 12.3 Å². The van der Waals surface area contributed by atoms with Crippen LogP contribution in [0.25, 0.3) is 6.08 Å². The maximum atomic E-state index is 13.0. The van der Waals surface area contributed by atoms with Gasteiger partial charge in [-0.3, -0.25) is 4.79 Å². The summed E-state index contributed by atoms with van der Waals surface area (Å²) in [5.74, 6) is -0.784. The summed E-state index contributed by atoms with van der Waals surface area (Å²) in [7, 11) is 0. The molecule has 114 valence electrons. The lowest BCUT2D eigenvalue weighted by Crippen LogP contribution is -2.32. The topological polar surface area (TPSA) is 68.3 Å². The van der Waals surface area contributed by atoms with Crippen LogP contribution in [0, 0.1) is 5.95 Å². The van der Waals surface area contributed by atoms with E-state index in [1.54, 1.807) is 32.9 Å². The largest absolute Gasteiger partial charge is 0.444 e. The van der Waals surface area contributed by atoms with Crippen molar-refractivity contribution < 1.29 is 18.7 Å². The summed E-state index contributed by atoms with van der Waals surface area (Å²) in [6.07, 6.45) is 5.36. The second kappa shape index (κ2) is 7.52. The lowest BCUT2D eigenvalue weighted by molar-refractivity contribution is 0.0528. The number of carbonyl (C=O) groups is 2. The number of carbonyl (C=O) groups excluding carboxylic acids is 2. The summed E-state index contributed by atoms with van der Waals surface area (Å²) < 4.78 is 18.1. The number of pyridine rings is 1. The third-order valence-corrected chi connectivity index (χ3v) is 2.30. The number of nitrogens with zero attached hydrogens (tertiary/aromatic N) is 1. The minimum atomic E-state index is -0.784. The van der Waals surface area contributed by atoms with Crippen molar-refractivity contribution >= 4 is 18.5 Å². The van der Waals surface area contributed by atoms with Gasteiger partial charge in [-0.05, 0) is 38.8 Å². The molecule has 0 spiro atoms. The van der Waals surface area contributed by atoms with Crippen LogP contribution in [0.5, 0.6) is 0 Å². The van der Waals surface area contributed by atoms with Crippen LogP contribution in [0.15, 0.2) is 18.3 Å². The Hall–Kier alpha value is -2.24. The van der Waals surface area contributed by atoms with Gasteiger partial charge in [0, 0.05) is 12.7 Å². The quantitative estimate of drug-likeness (QED) is 0.515. The number of amides is 1. The average molecular weight is 294 g/mol. The minimum Gasteiger partial charge on any atom is -0.444 e. The van der Waals surface area contributed by atoms with E-state index in [1.807, 2.05) is 0 Å². The molecule has 1 amide bonds. The third kappa shape index (κ3) is 6.65. The molecule has 0 aliphatic carbocycles. The number of rotatable bonds is 5. The molecule has 6 heteroatoms. The van der Waals surface area contributed by atoms with Gasteiger partial charge >= 0.3 is 6.09 Å². The van der Waals surface area contributed by atoms with Gasteiger partial charge in [0.2, 0.25) is 5.95 Å². The molecule has 1 heterocycles. The van der Waals surface area contributed by atoms with Crippen LogP contribution in [0.1, 0.15) is 43.1 Å². The summed E-state index contributed by atoms with van der Waals surface area (Å²) in [5, 5.41) is 2.61. The molecule has 1 rings (SSSR count). The highest BCUT2D eigenvalue weighted by Gasteiger charge is 2.15. The zero-order valence-electron chi connectivity index (χ0n) is 12.4. The van der Waals surface area contributed by atoms with E-state index >= 15 is 0 Å². The molecule has 5 nitrogen and oxygen atoms in total. The lowest BCUT2D eigenvalue weighted by atomic mass is 10.2. The molecule has 0 unspecified atom stereocenters. The van der Waals surface area contributed by atoms with Crippen LogP contribution < -0.4 is 5.32 Å². The number of aromatic nitrogens is 1. The maximum absolute atomic E-state index is 13.0. The van der Waals surface area contributed by atoms with Gasteiger partial charge in [0.25, 0.3) is 0 Å². The van der Waals surface area contributed by atoms with Crippen molar-refractivity contribution in [1.29, 1.82) is 0 Å². The molecule has 0 aliphatic rings. The Morgan fingerprint density at radius 1 is 1.48 bits per heavy atom. The Bertz CT molecular complexity index is 536. The average Bonchev–Trinajstić information content (AvgIpc) is 2.38. The van der Waals surface area contributed by atoms with Crippen LogP contribution in [0.2, 0.25) is 0 Å². The molecule has 1 aromatic heterocycles. The van der Waals surface area contributed by atoms with Gasteiger partial charge in [-0.1, -0.05) is 12.2 Å². The predicted octanol–water partition coefficient (Wildman–Crippen LogP) is 2.96. The number of hydrogen-bond donors (Lipinski definition) is 1. The van der Waals surface area contributed by atoms with Gasteiger partial charge in [0.05, 0.1) is 5.56 Å². The van der Waals surface area contributed by atoms with E-state index in [0.29, 0.717) is 24.8 Å². The van der Waals surface area contributed by atoms with Crippen molar-refractivity contribution in [3.8, 4) is 0 Å². The van der Waals surface area contributed by atoms with E-state index in [2.05, 4.69) is 10.3 Å². The molecular weight excluding hydrogens is 275 g/mol. The zero-order valence-corrected chi connectivity index (χ0v) is 12.4. The summed E-state index contributed by atoms with van der Waals surface area (Å²) in [6.45, 7) is 5.79. The van der Waals surface area contributed by atoms with Gasteiger partial charge in [-0.15, -0.1) is 0 Å². The molecule has 0 radical (unpaired) electrons. The van der Waals surface area contributed by atoms with Crippen LogP contribution in [-0.2, 0) is 4.74 Å². The summed E-state index contributed by atoms with van der Waals surface area (Å²) in [4.78, 5) is 25.4. The van der Waals surface area contributed by atoms with Gasteiger partial charge in [-0.25, -0.2) is 9.78 Å².